The van der Waals surface area contributed by atoms with Gasteiger partial charge in [0.2, 0.25) is 0 Å². The highest BCUT2D eigenvalue weighted by atomic mass is 32.2. The van der Waals surface area contributed by atoms with E-state index < -0.39 is 10.0 Å². The van der Waals surface area contributed by atoms with E-state index in [-0.39, 0.29) is 10.8 Å². The van der Waals surface area contributed by atoms with Gasteiger partial charge >= 0.3 is 0 Å². The highest BCUT2D eigenvalue weighted by Gasteiger charge is 2.32. The quantitative estimate of drug-likeness (QED) is 0.604. The van der Waals surface area contributed by atoms with E-state index in [1.807, 2.05) is 17.9 Å². The number of carbonyl (C=O) groups excluding carboxylic acids is 1. The predicted molar refractivity (Wildman–Crippen MR) is 133 cm³/mol. The van der Waals surface area contributed by atoms with Crippen LogP contribution in [0.3, 0.4) is 0 Å². The lowest BCUT2D eigenvalue weighted by molar-refractivity contribution is 0.0773. The maximum absolute atomic E-state index is 13.1. The van der Waals surface area contributed by atoms with Gasteiger partial charge in [-0.2, -0.15) is 0 Å². The fraction of sp³-hybridized carbons (Fsp3) is 0.296. The van der Waals surface area contributed by atoms with Crippen LogP contribution < -0.4 is 4.72 Å². The Kier molecular flexibility index (Phi) is 6.15. The molecule has 1 atom stereocenters. The standard InChI is InChI=1S/C27H29N3O3S/c1-20-5-4-8-26(17-20)34(32,33)28-24-11-9-22(10-12-24)27(31)30-16-14-25(19-30)29-15-13-21-6-2-3-7-23(21)18-29/h2-12,17,25,28H,13-16,18-19H2,1H3. The van der Waals surface area contributed by atoms with Crippen LogP contribution in [0.5, 0.6) is 0 Å². The second-order valence-corrected chi connectivity index (χ2v) is 10.9. The van der Waals surface area contributed by atoms with Gasteiger partial charge in [-0.1, -0.05) is 36.4 Å². The van der Waals surface area contributed by atoms with E-state index >= 15 is 0 Å². The summed E-state index contributed by atoms with van der Waals surface area (Å²) in [5.74, 6) is -0.00648. The molecular weight excluding hydrogens is 446 g/mol. The summed E-state index contributed by atoms with van der Waals surface area (Å²) in [4.78, 5) is 17.7. The first-order valence-electron chi connectivity index (χ1n) is 11.7. The fourth-order valence-electron chi connectivity index (χ4n) is 4.91. The van der Waals surface area contributed by atoms with E-state index in [1.165, 1.54) is 11.1 Å². The molecule has 1 N–H and O–H groups in total. The van der Waals surface area contributed by atoms with Gasteiger partial charge in [-0.15, -0.1) is 0 Å². The molecule has 0 aromatic heterocycles. The van der Waals surface area contributed by atoms with E-state index in [0.29, 0.717) is 17.3 Å². The second kappa shape index (κ2) is 9.24. The third-order valence-electron chi connectivity index (χ3n) is 6.81. The number of benzene rings is 3. The third kappa shape index (κ3) is 4.72. The number of amides is 1. The van der Waals surface area contributed by atoms with Gasteiger partial charge < -0.3 is 4.90 Å². The van der Waals surface area contributed by atoms with Crippen molar-refractivity contribution in [2.45, 2.75) is 37.2 Å². The molecule has 5 rings (SSSR count). The summed E-state index contributed by atoms with van der Waals surface area (Å²) < 4.78 is 27.9. The predicted octanol–water partition coefficient (Wildman–Crippen LogP) is 4.07. The van der Waals surface area contributed by atoms with E-state index in [9.17, 15) is 13.2 Å². The van der Waals surface area contributed by atoms with E-state index in [0.717, 1.165) is 44.6 Å². The zero-order valence-corrected chi connectivity index (χ0v) is 20.1. The number of likely N-dealkylation sites (tertiary alicyclic amines) is 1. The number of nitrogens with zero attached hydrogens (tertiary/aromatic N) is 2. The molecule has 0 saturated carbocycles. The van der Waals surface area contributed by atoms with E-state index in [2.05, 4.69) is 33.9 Å². The number of nitrogens with one attached hydrogen (secondary N) is 1. The lowest BCUT2D eigenvalue weighted by Gasteiger charge is -2.33. The molecular formula is C27H29N3O3S. The Balaban J connectivity index is 1.21. The van der Waals surface area contributed by atoms with Crippen LogP contribution in [-0.4, -0.2) is 49.8 Å². The number of rotatable bonds is 5. The summed E-state index contributed by atoms with van der Waals surface area (Å²) in [6, 6.07) is 22.4. The lowest BCUT2D eigenvalue weighted by Crippen LogP contribution is -2.41. The summed E-state index contributed by atoms with van der Waals surface area (Å²) in [6.07, 6.45) is 2.03. The number of hydrogen-bond acceptors (Lipinski definition) is 4. The Morgan fingerprint density at radius 2 is 1.71 bits per heavy atom. The molecule has 6 nitrogen and oxygen atoms in total. The van der Waals surface area contributed by atoms with Gasteiger partial charge in [-0.3, -0.25) is 14.4 Å². The van der Waals surface area contributed by atoms with Crippen LogP contribution >= 0.6 is 0 Å². The van der Waals surface area contributed by atoms with Crippen molar-refractivity contribution in [3.63, 3.8) is 0 Å². The Morgan fingerprint density at radius 1 is 0.941 bits per heavy atom. The number of aryl methyl sites for hydroxylation is 1. The molecule has 1 amide bonds. The van der Waals surface area contributed by atoms with Crippen LogP contribution in [0.15, 0.2) is 77.7 Å². The molecule has 3 aromatic rings. The van der Waals surface area contributed by atoms with Gasteiger partial charge in [-0.25, -0.2) is 8.42 Å². The Hall–Kier alpha value is -3.16. The van der Waals surface area contributed by atoms with Crippen molar-refractivity contribution in [3.8, 4) is 0 Å². The molecule has 1 saturated heterocycles. The summed E-state index contributed by atoms with van der Waals surface area (Å²) in [6.45, 7) is 5.29. The molecule has 2 heterocycles. The van der Waals surface area contributed by atoms with Crippen LogP contribution in [0.25, 0.3) is 0 Å². The molecule has 176 valence electrons. The Morgan fingerprint density at radius 3 is 2.47 bits per heavy atom. The normalized spacial score (nSPS) is 18.5. The van der Waals surface area contributed by atoms with Gasteiger partial charge in [0.25, 0.3) is 15.9 Å². The molecule has 0 spiro atoms. The van der Waals surface area contributed by atoms with Crippen LogP contribution in [0.1, 0.15) is 33.5 Å². The average molecular weight is 476 g/mol. The van der Waals surface area contributed by atoms with Gasteiger partial charge in [-0.05, 0) is 72.9 Å². The van der Waals surface area contributed by atoms with Crippen molar-refractivity contribution in [1.29, 1.82) is 0 Å². The minimum atomic E-state index is -3.68. The summed E-state index contributed by atoms with van der Waals surface area (Å²) in [5.41, 5.74) is 4.71. The van der Waals surface area contributed by atoms with Gasteiger partial charge in [0, 0.05) is 43.5 Å². The number of fused-ring (bicyclic) bond motifs is 1. The van der Waals surface area contributed by atoms with Crippen LogP contribution in [0, 0.1) is 6.92 Å². The van der Waals surface area contributed by atoms with E-state index in [1.54, 1.807) is 42.5 Å². The van der Waals surface area contributed by atoms with Gasteiger partial charge in [0.1, 0.15) is 0 Å². The van der Waals surface area contributed by atoms with E-state index in [4.69, 9.17) is 0 Å². The lowest BCUT2D eigenvalue weighted by atomic mass is 9.98. The fourth-order valence-corrected chi connectivity index (χ4v) is 6.08. The minimum absolute atomic E-state index is 0.00648. The second-order valence-electron chi connectivity index (χ2n) is 9.18. The monoisotopic (exact) mass is 475 g/mol. The zero-order chi connectivity index (χ0) is 23.7. The van der Waals surface area contributed by atoms with Crippen molar-refractivity contribution in [2.75, 3.05) is 24.4 Å². The zero-order valence-electron chi connectivity index (χ0n) is 19.3. The first-order chi connectivity index (χ1) is 16.4. The first kappa shape index (κ1) is 22.6. The molecule has 0 radical (unpaired) electrons. The maximum Gasteiger partial charge on any atom is 0.261 e. The number of carbonyl (C=O) groups is 1. The molecule has 34 heavy (non-hydrogen) atoms. The van der Waals surface area contributed by atoms with Crippen molar-refractivity contribution in [2.24, 2.45) is 0 Å². The Labute approximate surface area is 201 Å². The number of sulfonamides is 1. The van der Waals surface area contributed by atoms with Crippen molar-refractivity contribution in [1.82, 2.24) is 9.80 Å². The smallest absolute Gasteiger partial charge is 0.261 e. The molecule has 0 bridgehead atoms. The SMILES string of the molecule is Cc1cccc(S(=O)(=O)Nc2ccc(C(=O)N3CCC(N4CCc5ccccc5C4)C3)cc2)c1. The Bertz CT molecular complexity index is 1300. The van der Waals surface area contributed by atoms with Crippen molar-refractivity contribution in [3.05, 3.63) is 95.1 Å². The van der Waals surface area contributed by atoms with Crippen LogP contribution in [0.4, 0.5) is 5.69 Å². The summed E-state index contributed by atoms with van der Waals surface area (Å²) in [5, 5.41) is 0. The third-order valence-corrected chi connectivity index (χ3v) is 8.19. The number of anilines is 1. The summed E-state index contributed by atoms with van der Waals surface area (Å²) in [7, 11) is -3.68. The van der Waals surface area contributed by atoms with Crippen molar-refractivity contribution >= 4 is 21.6 Å². The highest BCUT2D eigenvalue weighted by molar-refractivity contribution is 7.92. The molecule has 7 heteroatoms. The van der Waals surface area contributed by atoms with Crippen molar-refractivity contribution < 1.29 is 13.2 Å². The molecule has 2 aliphatic heterocycles. The number of hydrogen-bond donors (Lipinski definition) is 1. The summed E-state index contributed by atoms with van der Waals surface area (Å²) >= 11 is 0. The van der Waals surface area contributed by atoms with Gasteiger partial charge in [0.15, 0.2) is 0 Å². The molecule has 1 fully saturated rings. The van der Waals surface area contributed by atoms with Crippen LogP contribution in [-0.2, 0) is 23.0 Å². The molecule has 0 aliphatic carbocycles. The molecule has 3 aromatic carbocycles. The van der Waals surface area contributed by atoms with Crippen LogP contribution in [0.2, 0.25) is 0 Å². The first-order valence-corrected chi connectivity index (χ1v) is 13.2. The largest absolute Gasteiger partial charge is 0.337 e. The maximum atomic E-state index is 13.1. The molecule has 2 aliphatic rings. The minimum Gasteiger partial charge on any atom is -0.337 e. The highest BCUT2D eigenvalue weighted by Crippen LogP contribution is 2.26. The molecule has 1 unspecified atom stereocenters. The topological polar surface area (TPSA) is 69.7 Å². The average Bonchev–Trinajstić information content (AvgIpc) is 3.34. The van der Waals surface area contributed by atoms with Gasteiger partial charge in [0.05, 0.1) is 4.90 Å².